The van der Waals surface area contributed by atoms with Gasteiger partial charge in [0.1, 0.15) is 11.7 Å². The zero-order valence-electron chi connectivity index (χ0n) is 21.0. The molecule has 0 heterocycles. The van der Waals surface area contributed by atoms with Crippen LogP contribution >= 0.6 is 34.8 Å². The number of allylic oxidation sites excluding steroid dienone is 1. The van der Waals surface area contributed by atoms with Gasteiger partial charge in [-0.1, -0.05) is 46.9 Å². The maximum atomic E-state index is 15.1. The zero-order valence-corrected chi connectivity index (χ0v) is 23.3. The Hall–Kier alpha value is -2.44. The summed E-state index contributed by atoms with van der Waals surface area (Å²) in [5.41, 5.74) is -5.43. The first-order valence-corrected chi connectivity index (χ1v) is 13.4. The molecule has 0 aliphatic heterocycles. The third-order valence-corrected chi connectivity index (χ3v) is 8.39. The van der Waals surface area contributed by atoms with Crippen LogP contribution in [0.25, 0.3) is 5.83 Å². The van der Waals surface area contributed by atoms with Gasteiger partial charge in [0.2, 0.25) is 5.91 Å². The standard InChI is InChI=1S/C27H19Cl3F9NO2/c28-18-6-13(7-19(29)22(18)30)16(26(34,35)36)8-20(31)12-1-2-15(17(5-12)27(37,38)39)21(41)11-24(3-4-24)23(42)40-14-9-25(32,33)10-14/h1-2,5-8,14,16H,3-4,9-11H2,(H,40,42)/b20-8-. The van der Waals surface area contributed by atoms with Gasteiger partial charge in [-0.3, -0.25) is 9.59 Å². The maximum Gasteiger partial charge on any atom is 0.417 e. The zero-order chi connectivity index (χ0) is 31.4. The van der Waals surface area contributed by atoms with Crippen molar-refractivity contribution in [1.82, 2.24) is 5.32 Å². The molecule has 1 atom stereocenters. The second-order valence-corrected chi connectivity index (χ2v) is 11.6. The van der Waals surface area contributed by atoms with Crippen molar-refractivity contribution < 1.29 is 49.1 Å². The van der Waals surface area contributed by atoms with E-state index in [0.717, 1.165) is 12.1 Å². The molecule has 42 heavy (non-hydrogen) atoms. The number of carbonyl (C=O) groups is 2. The van der Waals surface area contributed by atoms with Crippen molar-refractivity contribution in [3.63, 3.8) is 0 Å². The average Bonchev–Trinajstić information content (AvgIpc) is 3.63. The van der Waals surface area contributed by atoms with Gasteiger partial charge in [0.25, 0.3) is 5.92 Å². The molecule has 4 rings (SSSR count). The topological polar surface area (TPSA) is 46.2 Å². The highest BCUT2D eigenvalue weighted by Gasteiger charge is 2.54. The average molecular weight is 667 g/mol. The molecule has 2 aromatic carbocycles. The van der Waals surface area contributed by atoms with Crippen molar-refractivity contribution in [2.75, 3.05) is 0 Å². The molecular formula is C27H19Cl3F9NO2. The Morgan fingerprint density at radius 1 is 0.976 bits per heavy atom. The van der Waals surface area contributed by atoms with E-state index in [4.69, 9.17) is 34.8 Å². The number of nitrogens with one attached hydrogen (secondary N) is 1. The van der Waals surface area contributed by atoms with Crippen LogP contribution in [0.3, 0.4) is 0 Å². The molecule has 2 aliphatic carbocycles. The van der Waals surface area contributed by atoms with E-state index >= 15 is 4.39 Å². The van der Waals surface area contributed by atoms with E-state index in [2.05, 4.69) is 5.32 Å². The molecule has 2 aromatic rings. The number of Topliss-reactive ketones (excluding diaryl/α,β-unsaturated/α-hetero) is 1. The summed E-state index contributed by atoms with van der Waals surface area (Å²) in [6.07, 6.45) is -11.9. The largest absolute Gasteiger partial charge is 0.417 e. The summed E-state index contributed by atoms with van der Waals surface area (Å²) in [7, 11) is 0. The van der Waals surface area contributed by atoms with Gasteiger partial charge in [0, 0.05) is 36.4 Å². The molecule has 0 spiro atoms. The fraction of sp³-hybridized carbons (Fsp3) is 0.407. The summed E-state index contributed by atoms with van der Waals surface area (Å²) in [4.78, 5) is 25.5. The van der Waals surface area contributed by atoms with Gasteiger partial charge in [-0.15, -0.1) is 0 Å². The smallest absolute Gasteiger partial charge is 0.352 e. The summed E-state index contributed by atoms with van der Waals surface area (Å²) in [5, 5.41) is 1.41. The van der Waals surface area contributed by atoms with E-state index in [9.17, 15) is 44.7 Å². The fourth-order valence-electron chi connectivity index (χ4n) is 4.69. The summed E-state index contributed by atoms with van der Waals surface area (Å²) >= 11 is 17.3. The van der Waals surface area contributed by atoms with Crippen LogP contribution < -0.4 is 5.32 Å². The Balaban J connectivity index is 1.61. The maximum absolute atomic E-state index is 15.1. The minimum Gasteiger partial charge on any atom is -0.352 e. The van der Waals surface area contributed by atoms with Crippen LogP contribution in [0, 0.1) is 5.41 Å². The first-order chi connectivity index (χ1) is 19.2. The highest BCUT2D eigenvalue weighted by molar-refractivity contribution is 6.48. The molecule has 1 N–H and O–H groups in total. The van der Waals surface area contributed by atoms with Gasteiger partial charge in [-0.25, -0.2) is 13.2 Å². The first-order valence-electron chi connectivity index (χ1n) is 12.2. The van der Waals surface area contributed by atoms with Crippen LogP contribution in [0.15, 0.2) is 36.4 Å². The molecule has 15 heteroatoms. The molecule has 0 radical (unpaired) electrons. The summed E-state index contributed by atoms with van der Waals surface area (Å²) in [5.74, 6) is -9.13. The molecule has 228 valence electrons. The number of hydrogen-bond donors (Lipinski definition) is 1. The Labute approximate surface area is 248 Å². The van der Waals surface area contributed by atoms with Gasteiger partial charge < -0.3 is 5.32 Å². The van der Waals surface area contributed by atoms with Crippen molar-refractivity contribution >= 4 is 52.3 Å². The molecule has 3 nitrogen and oxygen atoms in total. The third-order valence-electron chi connectivity index (χ3n) is 7.19. The van der Waals surface area contributed by atoms with E-state index in [1.807, 2.05) is 0 Å². The molecule has 2 aliphatic rings. The van der Waals surface area contributed by atoms with E-state index in [-0.39, 0.29) is 40.1 Å². The lowest BCUT2D eigenvalue weighted by Crippen LogP contribution is -2.52. The van der Waals surface area contributed by atoms with Crippen molar-refractivity contribution in [2.45, 2.75) is 62.3 Å². The highest BCUT2D eigenvalue weighted by Crippen LogP contribution is 2.51. The van der Waals surface area contributed by atoms with Gasteiger partial charge in [0.05, 0.1) is 26.0 Å². The fourth-order valence-corrected chi connectivity index (χ4v) is 5.30. The molecule has 0 aromatic heterocycles. The minimum absolute atomic E-state index is 0.0420. The van der Waals surface area contributed by atoms with Crippen LogP contribution in [-0.2, 0) is 11.0 Å². The van der Waals surface area contributed by atoms with Crippen molar-refractivity contribution in [3.05, 3.63) is 73.7 Å². The Morgan fingerprint density at radius 3 is 2.02 bits per heavy atom. The van der Waals surface area contributed by atoms with Crippen molar-refractivity contribution in [3.8, 4) is 0 Å². The summed E-state index contributed by atoms with van der Waals surface area (Å²) < 4.78 is 125. The van der Waals surface area contributed by atoms with Crippen LogP contribution in [-0.4, -0.2) is 29.8 Å². The second kappa shape index (κ2) is 11.2. The van der Waals surface area contributed by atoms with Crippen LogP contribution in [0.2, 0.25) is 15.1 Å². The molecule has 0 bridgehead atoms. The molecule has 1 amide bonds. The predicted molar refractivity (Wildman–Crippen MR) is 138 cm³/mol. The lowest BCUT2D eigenvalue weighted by Gasteiger charge is -2.36. The Bertz CT molecular complexity index is 1420. The Morgan fingerprint density at radius 2 is 1.55 bits per heavy atom. The number of rotatable bonds is 8. The predicted octanol–water partition coefficient (Wildman–Crippen LogP) is 9.59. The molecule has 0 saturated heterocycles. The summed E-state index contributed by atoms with van der Waals surface area (Å²) in [6, 6.07) is 2.29. The van der Waals surface area contributed by atoms with Crippen LogP contribution in [0.5, 0.6) is 0 Å². The van der Waals surface area contributed by atoms with Gasteiger partial charge in [0.15, 0.2) is 5.78 Å². The molecule has 2 saturated carbocycles. The lowest BCUT2D eigenvalue weighted by atomic mass is 9.86. The highest BCUT2D eigenvalue weighted by atomic mass is 35.5. The number of carbonyl (C=O) groups excluding carboxylic acids is 2. The SMILES string of the molecule is O=C(CC1(C(=O)NC2CC(F)(F)C2)CC1)c1ccc(/C(F)=C/C(c2cc(Cl)c(Cl)c(Cl)c2)C(F)(F)F)cc1C(F)(F)F. The monoisotopic (exact) mass is 665 g/mol. The normalized spacial score (nSPS) is 19.2. The summed E-state index contributed by atoms with van der Waals surface area (Å²) in [6.45, 7) is 0. The third kappa shape index (κ3) is 7.02. The lowest BCUT2D eigenvalue weighted by molar-refractivity contribution is -0.140. The minimum atomic E-state index is -5.22. The number of ketones is 1. The number of halogens is 12. The second-order valence-electron chi connectivity index (χ2n) is 10.4. The van der Waals surface area contributed by atoms with E-state index in [1.165, 1.54) is 0 Å². The number of amides is 1. The van der Waals surface area contributed by atoms with Crippen molar-refractivity contribution in [2.24, 2.45) is 5.41 Å². The number of benzene rings is 2. The number of alkyl halides is 8. The van der Waals surface area contributed by atoms with Crippen LogP contribution in [0.4, 0.5) is 39.5 Å². The van der Waals surface area contributed by atoms with Gasteiger partial charge >= 0.3 is 12.4 Å². The molecule has 1 unspecified atom stereocenters. The van der Waals surface area contributed by atoms with Crippen molar-refractivity contribution in [1.29, 1.82) is 0 Å². The van der Waals surface area contributed by atoms with E-state index in [0.29, 0.717) is 12.1 Å². The molecule has 2 fully saturated rings. The molecular weight excluding hydrogens is 648 g/mol. The number of hydrogen-bond acceptors (Lipinski definition) is 2. The van der Waals surface area contributed by atoms with Gasteiger partial charge in [-0.2, -0.15) is 26.3 Å². The van der Waals surface area contributed by atoms with E-state index < -0.39 is 94.7 Å². The Kier molecular flexibility index (Phi) is 8.69. The van der Waals surface area contributed by atoms with E-state index in [1.54, 1.807) is 0 Å². The van der Waals surface area contributed by atoms with Crippen LogP contribution in [0.1, 0.15) is 65.1 Å². The quantitative estimate of drug-likeness (QED) is 0.173. The van der Waals surface area contributed by atoms with Gasteiger partial charge in [-0.05, 0) is 42.7 Å². The first kappa shape index (κ1) is 32.5.